The van der Waals surface area contributed by atoms with Crippen molar-refractivity contribution in [3.63, 3.8) is 0 Å². The van der Waals surface area contributed by atoms with Gasteiger partial charge in [-0.3, -0.25) is 0 Å². The van der Waals surface area contributed by atoms with Crippen molar-refractivity contribution < 1.29 is 0 Å². The van der Waals surface area contributed by atoms with Gasteiger partial charge in [-0.1, -0.05) is 11.6 Å². The Kier molecular flexibility index (Phi) is 3.29. The van der Waals surface area contributed by atoms with Crippen molar-refractivity contribution >= 4 is 49.7 Å². The maximum absolute atomic E-state index is 5.88. The second-order valence-corrected chi connectivity index (χ2v) is 5.58. The highest BCUT2D eigenvalue weighted by atomic mass is 79.9. The fourth-order valence-electron chi connectivity index (χ4n) is 1.16. The molecule has 2 aromatic rings. The highest BCUT2D eigenvalue weighted by Crippen LogP contribution is 2.32. The quantitative estimate of drug-likeness (QED) is 0.821. The molecule has 0 unspecified atom stereocenters. The van der Waals surface area contributed by atoms with Gasteiger partial charge in [0, 0.05) is 17.7 Å². The summed E-state index contributed by atoms with van der Waals surface area (Å²) >= 11 is 10.8. The normalized spacial score (nSPS) is 10.3. The van der Waals surface area contributed by atoms with E-state index in [1.807, 2.05) is 36.2 Å². The molecule has 0 bridgehead atoms. The molecule has 2 heterocycles. The second-order valence-electron chi connectivity index (χ2n) is 2.97. The van der Waals surface area contributed by atoms with Crippen molar-refractivity contribution in [1.29, 1.82) is 0 Å². The topological polar surface area (TPSA) is 16.1 Å². The van der Waals surface area contributed by atoms with Crippen LogP contribution in [0.1, 0.15) is 0 Å². The van der Waals surface area contributed by atoms with Crippen LogP contribution in [0.25, 0.3) is 0 Å². The van der Waals surface area contributed by atoms with Crippen LogP contribution in [0.2, 0.25) is 4.34 Å². The molecule has 0 atom stereocenters. The summed E-state index contributed by atoms with van der Waals surface area (Å²) in [4.78, 5) is 6.31. The Morgan fingerprint density at radius 1 is 1.33 bits per heavy atom. The largest absolute Gasteiger partial charge is 0.321 e. The average molecular weight is 304 g/mol. The van der Waals surface area contributed by atoms with Crippen molar-refractivity contribution in [2.45, 2.75) is 0 Å². The summed E-state index contributed by atoms with van der Waals surface area (Å²) in [6, 6.07) is 7.79. The summed E-state index contributed by atoms with van der Waals surface area (Å²) < 4.78 is 1.76. The molecule has 5 heteroatoms. The zero-order valence-corrected chi connectivity index (χ0v) is 11.1. The molecule has 0 amide bonds. The lowest BCUT2D eigenvalue weighted by molar-refractivity contribution is 1.14. The van der Waals surface area contributed by atoms with E-state index >= 15 is 0 Å². The van der Waals surface area contributed by atoms with Gasteiger partial charge in [0.1, 0.15) is 5.82 Å². The summed E-state index contributed by atoms with van der Waals surface area (Å²) in [6.07, 6.45) is 1.78. The minimum Gasteiger partial charge on any atom is -0.321 e. The first kappa shape index (κ1) is 10.9. The van der Waals surface area contributed by atoms with Crippen LogP contribution in [0, 0.1) is 0 Å². The average Bonchev–Trinajstić information content (AvgIpc) is 2.65. The van der Waals surface area contributed by atoms with E-state index in [2.05, 4.69) is 20.9 Å². The Labute approximate surface area is 106 Å². The van der Waals surface area contributed by atoms with Gasteiger partial charge in [0.2, 0.25) is 0 Å². The molecule has 78 valence electrons. The summed E-state index contributed by atoms with van der Waals surface area (Å²) in [6.45, 7) is 0. The van der Waals surface area contributed by atoms with Crippen molar-refractivity contribution in [2.24, 2.45) is 0 Å². The fraction of sp³-hybridized carbons (Fsp3) is 0.100. The fourth-order valence-corrected chi connectivity index (χ4v) is 2.40. The summed E-state index contributed by atoms with van der Waals surface area (Å²) in [5.74, 6) is 0.900. The molecule has 0 radical (unpaired) electrons. The maximum Gasteiger partial charge on any atom is 0.133 e. The monoisotopic (exact) mass is 302 g/mol. The van der Waals surface area contributed by atoms with E-state index in [1.165, 1.54) is 11.3 Å². The molecule has 15 heavy (non-hydrogen) atoms. The van der Waals surface area contributed by atoms with E-state index in [4.69, 9.17) is 11.6 Å². The first-order chi connectivity index (χ1) is 7.16. The van der Waals surface area contributed by atoms with Crippen LogP contribution in [-0.4, -0.2) is 12.0 Å². The Bertz CT molecular complexity index is 455. The van der Waals surface area contributed by atoms with Crippen molar-refractivity contribution in [3.05, 3.63) is 39.3 Å². The van der Waals surface area contributed by atoms with Gasteiger partial charge in [-0.05, 0) is 40.2 Å². The SMILES string of the molecule is CN(c1ccc(Br)cn1)c1ccc(Cl)s1. The van der Waals surface area contributed by atoms with Gasteiger partial charge in [0.05, 0.1) is 9.34 Å². The Morgan fingerprint density at radius 3 is 2.67 bits per heavy atom. The third-order valence-electron chi connectivity index (χ3n) is 1.95. The van der Waals surface area contributed by atoms with E-state index < -0.39 is 0 Å². The summed E-state index contributed by atoms with van der Waals surface area (Å²) in [7, 11) is 1.97. The summed E-state index contributed by atoms with van der Waals surface area (Å²) in [5, 5.41) is 1.08. The predicted molar refractivity (Wildman–Crippen MR) is 69.3 cm³/mol. The number of nitrogens with zero attached hydrogens (tertiary/aromatic N) is 2. The molecule has 0 spiro atoms. The summed E-state index contributed by atoms with van der Waals surface area (Å²) in [5.41, 5.74) is 0. The third-order valence-corrected chi connectivity index (χ3v) is 3.72. The highest BCUT2D eigenvalue weighted by molar-refractivity contribution is 9.10. The molecule has 0 aromatic carbocycles. The molecule has 0 N–H and O–H groups in total. The van der Waals surface area contributed by atoms with Gasteiger partial charge in [-0.25, -0.2) is 4.98 Å². The lowest BCUT2D eigenvalue weighted by Crippen LogP contribution is -2.08. The van der Waals surface area contributed by atoms with Gasteiger partial charge >= 0.3 is 0 Å². The van der Waals surface area contributed by atoms with Crippen LogP contribution in [0.15, 0.2) is 34.9 Å². The lowest BCUT2D eigenvalue weighted by atomic mass is 10.4. The maximum atomic E-state index is 5.88. The van der Waals surface area contributed by atoms with Gasteiger partial charge in [0.25, 0.3) is 0 Å². The number of thiophene rings is 1. The molecule has 2 nitrogen and oxygen atoms in total. The second kappa shape index (κ2) is 4.51. The van der Waals surface area contributed by atoms with Crippen LogP contribution in [0.4, 0.5) is 10.8 Å². The standard InChI is InChI=1S/C10H8BrClN2S/c1-14(10-5-3-8(12)15-10)9-4-2-7(11)6-13-9/h2-6H,1H3. The number of anilines is 2. The van der Waals surface area contributed by atoms with Gasteiger partial charge < -0.3 is 4.90 Å². The molecule has 0 aliphatic heterocycles. The first-order valence-corrected chi connectivity index (χ1v) is 6.26. The van der Waals surface area contributed by atoms with Crippen LogP contribution < -0.4 is 4.90 Å². The van der Waals surface area contributed by atoms with E-state index in [9.17, 15) is 0 Å². The van der Waals surface area contributed by atoms with Crippen molar-refractivity contribution in [2.75, 3.05) is 11.9 Å². The lowest BCUT2D eigenvalue weighted by Gasteiger charge is -2.15. The molecule has 0 aliphatic carbocycles. The van der Waals surface area contributed by atoms with E-state index in [0.717, 1.165) is 19.6 Å². The van der Waals surface area contributed by atoms with Gasteiger partial charge in [-0.15, -0.1) is 11.3 Å². The predicted octanol–water partition coefficient (Wildman–Crippen LogP) is 4.33. The molecule has 0 aliphatic rings. The first-order valence-electron chi connectivity index (χ1n) is 4.27. The minimum atomic E-state index is 0.786. The van der Waals surface area contributed by atoms with Crippen LogP contribution >= 0.6 is 38.9 Å². The van der Waals surface area contributed by atoms with E-state index in [0.29, 0.717) is 0 Å². The Hall–Kier alpha value is -0.580. The smallest absolute Gasteiger partial charge is 0.133 e. The Morgan fingerprint density at radius 2 is 2.13 bits per heavy atom. The highest BCUT2D eigenvalue weighted by Gasteiger charge is 2.07. The van der Waals surface area contributed by atoms with Crippen LogP contribution in [0.5, 0.6) is 0 Å². The number of halogens is 2. The number of rotatable bonds is 2. The number of hydrogen-bond acceptors (Lipinski definition) is 3. The number of aromatic nitrogens is 1. The van der Waals surface area contributed by atoms with Crippen LogP contribution in [-0.2, 0) is 0 Å². The number of pyridine rings is 1. The third kappa shape index (κ3) is 2.51. The molecule has 0 saturated carbocycles. The zero-order chi connectivity index (χ0) is 10.8. The minimum absolute atomic E-state index is 0.786. The zero-order valence-electron chi connectivity index (χ0n) is 7.95. The van der Waals surface area contributed by atoms with Crippen molar-refractivity contribution in [3.8, 4) is 0 Å². The van der Waals surface area contributed by atoms with Crippen LogP contribution in [0.3, 0.4) is 0 Å². The van der Waals surface area contributed by atoms with E-state index in [1.54, 1.807) is 6.20 Å². The van der Waals surface area contributed by atoms with Gasteiger partial charge in [-0.2, -0.15) is 0 Å². The molecule has 0 saturated heterocycles. The molecule has 0 fully saturated rings. The van der Waals surface area contributed by atoms with Gasteiger partial charge in [0.15, 0.2) is 0 Å². The van der Waals surface area contributed by atoms with E-state index in [-0.39, 0.29) is 0 Å². The van der Waals surface area contributed by atoms with Crippen molar-refractivity contribution in [1.82, 2.24) is 4.98 Å². The number of hydrogen-bond donors (Lipinski definition) is 0. The molecule has 2 aromatic heterocycles. The Balaban J connectivity index is 2.28. The molecular weight excluding hydrogens is 296 g/mol. The molecular formula is C10H8BrClN2S. The molecule has 2 rings (SSSR count).